The highest BCUT2D eigenvalue weighted by atomic mass is 32.2. The monoisotopic (exact) mass is 293 g/mol. The van der Waals surface area contributed by atoms with Crippen LogP contribution in [0.4, 0.5) is 0 Å². The molecule has 2 aliphatic rings. The molecular formula is C16H23NO2S. The quantitative estimate of drug-likeness (QED) is 0.863. The predicted molar refractivity (Wildman–Crippen MR) is 81.9 cm³/mol. The van der Waals surface area contributed by atoms with Gasteiger partial charge in [0, 0.05) is 42.5 Å². The molecule has 3 nitrogen and oxygen atoms in total. The van der Waals surface area contributed by atoms with Crippen LogP contribution in [-0.2, 0) is 11.3 Å². The highest BCUT2D eigenvalue weighted by Crippen LogP contribution is 2.42. The van der Waals surface area contributed by atoms with Gasteiger partial charge in [-0.05, 0) is 30.4 Å². The zero-order chi connectivity index (χ0) is 14.0. The van der Waals surface area contributed by atoms with Crippen molar-refractivity contribution in [2.75, 3.05) is 39.2 Å². The van der Waals surface area contributed by atoms with E-state index in [0.29, 0.717) is 12.5 Å². The van der Waals surface area contributed by atoms with Gasteiger partial charge in [0.05, 0.1) is 13.2 Å². The molecule has 0 saturated carbocycles. The Bertz CT molecular complexity index is 468. The van der Waals surface area contributed by atoms with Gasteiger partial charge < -0.3 is 9.84 Å². The number of fused-ring (bicyclic) bond motifs is 1. The third kappa shape index (κ3) is 2.75. The lowest BCUT2D eigenvalue weighted by atomic mass is 9.75. The molecule has 0 radical (unpaired) electrons. The van der Waals surface area contributed by atoms with Gasteiger partial charge in [0.15, 0.2) is 0 Å². The lowest BCUT2D eigenvalue weighted by Crippen LogP contribution is -2.41. The van der Waals surface area contributed by atoms with Gasteiger partial charge >= 0.3 is 0 Å². The molecule has 0 aliphatic carbocycles. The topological polar surface area (TPSA) is 32.7 Å². The number of hydrogen-bond acceptors (Lipinski definition) is 4. The van der Waals surface area contributed by atoms with Gasteiger partial charge in [0.1, 0.15) is 0 Å². The molecule has 1 aromatic carbocycles. The third-order valence-electron chi connectivity index (χ3n) is 4.80. The molecule has 0 spiro atoms. The van der Waals surface area contributed by atoms with Crippen LogP contribution >= 0.6 is 11.8 Å². The smallest absolute Gasteiger partial charge is 0.0513 e. The van der Waals surface area contributed by atoms with Crippen LogP contribution in [0, 0.1) is 11.3 Å². The summed E-state index contributed by atoms with van der Waals surface area (Å²) in [6.07, 6.45) is 3.11. The van der Waals surface area contributed by atoms with Crippen molar-refractivity contribution >= 4 is 11.8 Å². The maximum Gasteiger partial charge on any atom is 0.0513 e. The van der Waals surface area contributed by atoms with Crippen molar-refractivity contribution < 1.29 is 9.84 Å². The first-order valence-corrected chi connectivity index (χ1v) is 8.52. The van der Waals surface area contributed by atoms with Gasteiger partial charge in [0.25, 0.3) is 0 Å². The molecule has 2 aliphatic heterocycles. The second kappa shape index (κ2) is 6.06. The maximum absolute atomic E-state index is 9.83. The summed E-state index contributed by atoms with van der Waals surface area (Å²) >= 11 is 1.79. The molecule has 3 rings (SSSR count). The van der Waals surface area contributed by atoms with E-state index in [4.69, 9.17) is 4.74 Å². The Labute approximate surface area is 125 Å². The zero-order valence-electron chi connectivity index (χ0n) is 12.0. The maximum atomic E-state index is 9.83. The second-order valence-electron chi connectivity index (χ2n) is 6.06. The Morgan fingerprint density at radius 3 is 3.15 bits per heavy atom. The van der Waals surface area contributed by atoms with Crippen LogP contribution in [0.1, 0.15) is 12.0 Å². The fourth-order valence-electron chi connectivity index (χ4n) is 3.57. The van der Waals surface area contributed by atoms with Crippen molar-refractivity contribution in [1.29, 1.82) is 0 Å². The summed E-state index contributed by atoms with van der Waals surface area (Å²) in [6, 6.07) is 8.76. The molecule has 110 valence electrons. The Morgan fingerprint density at radius 1 is 1.50 bits per heavy atom. The van der Waals surface area contributed by atoms with Crippen LogP contribution in [0.5, 0.6) is 0 Å². The average Bonchev–Trinajstić information content (AvgIpc) is 2.86. The van der Waals surface area contributed by atoms with E-state index in [1.807, 2.05) is 0 Å². The minimum atomic E-state index is 0.0787. The zero-order valence-corrected chi connectivity index (χ0v) is 12.9. The molecule has 2 heterocycles. The van der Waals surface area contributed by atoms with E-state index >= 15 is 0 Å². The van der Waals surface area contributed by atoms with E-state index in [9.17, 15) is 5.11 Å². The Morgan fingerprint density at radius 2 is 2.40 bits per heavy atom. The van der Waals surface area contributed by atoms with E-state index < -0.39 is 0 Å². The van der Waals surface area contributed by atoms with Gasteiger partial charge in [0.2, 0.25) is 0 Å². The number of hydrogen-bond donors (Lipinski definition) is 1. The number of nitrogens with zero attached hydrogens (tertiary/aromatic N) is 1. The van der Waals surface area contributed by atoms with Gasteiger partial charge in [-0.1, -0.05) is 12.1 Å². The van der Waals surface area contributed by atoms with Crippen LogP contribution in [0.2, 0.25) is 0 Å². The van der Waals surface area contributed by atoms with Crippen molar-refractivity contribution in [3.05, 3.63) is 29.8 Å². The van der Waals surface area contributed by atoms with Crippen LogP contribution in [0.25, 0.3) is 0 Å². The Hall–Kier alpha value is -0.550. The largest absolute Gasteiger partial charge is 0.396 e. The average molecular weight is 293 g/mol. The van der Waals surface area contributed by atoms with Crippen LogP contribution < -0.4 is 0 Å². The predicted octanol–water partition coefficient (Wildman–Crippen LogP) is 2.24. The number of aliphatic hydroxyl groups is 1. The lowest BCUT2D eigenvalue weighted by Gasteiger charge is -2.36. The summed E-state index contributed by atoms with van der Waals surface area (Å²) in [7, 11) is 0. The first kappa shape index (κ1) is 14.4. The number of benzene rings is 1. The highest BCUT2D eigenvalue weighted by Gasteiger charge is 2.47. The molecule has 2 fully saturated rings. The van der Waals surface area contributed by atoms with Crippen molar-refractivity contribution in [2.24, 2.45) is 11.3 Å². The summed E-state index contributed by atoms with van der Waals surface area (Å²) in [4.78, 5) is 3.80. The van der Waals surface area contributed by atoms with Gasteiger partial charge in [-0.25, -0.2) is 0 Å². The number of ether oxygens (including phenoxy) is 1. The van der Waals surface area contributed by atoms with Crippen LogP contribution in [0.3, 0.4) is 0 Å². The van der Waals surface area contributed by atoms with E-state index in [0.717, 1.165) is 39.3 Å². The first-order chi connectivity index (χ1) is 9.75. The normalized spacial score (nSPS) is 30.4. The van der Waals surface area contributed by atoms with Crippen molar-refractivity contribution in [2.45, 2.75) is 17.9 Å². The molecule has 0 aromatic heterocycles. The van der Waals surface area contributed by atoms with Crippen LogP contribution in [0.15, 0.2) is 29.2 Å². The molecule has 0 unspecified atom stereocenters. The molecule has 20 heavy (non-hydrogen) atoms. The number of thioether (sulfide) groups is 1. The first-order valence-electron chi connectivity index (χ1n) is 7.30. The summed E-state index contributed by atoms with van der Waals surface area (Å²) in [6.45, 7) is 4.93. The molecule has 0 amide bonds. The number of aliphatic hydroxyl groups excluding tert-OH is 1. The highest BCUT2D eigenvalue weighted by molar-refractivity contribution is 7.98. The standard InChI is InChI=1S/C16H23NO2S/c1-20-15-4-2-3-13(7-15)8-17-9-14-10-19-6-5-16(14,11-17)12-18/h2-4,7,14,18H,5-6,8-12H2,1H3/t14-,16-/m1/s1. The fourth-order valence-corrected chi connectivity index (χ4v) is 4.05. The molecule has 0 bridgehead atoms. The van der Waals surface area contributed by atoms with Crippen molar-refractivity contribution in [1.82, 2.24) is 4.90 Å². The summed E-state index contributed by atoms with van der Waals surface area (Å²) < 4.78 is 5.60. The second-order valence-corrected chi connectivity index (χ2v) is 6.94. The molecule has 1 N–H and O–H groups in total. The van der Waals surface area contributed by atoms with Crippen molar-refractivity contribution in [3.63, 3.8) is 0 Å². The fraction of sp³-hybridized carbons (Fsp3) is 0.625. The van der Waals surface area contributed by atoms with Gasteiger partial charge in [-0.3, -0.25) is 4.90 Å². The molecule has 2 atom stereocenters. The molecule has 1 aromatic rings. The Balaban J connectivity index is 1.70. The SMILES string of the molecule is CSc1cccc(CN2C[C@@H]3COCC[C@]3(CO)C2)c1. The molecule has 4 heteroatoms. The third-order valence-corrected chi connectivity index (χ3v) is 5.53. The summed E-state index contributed by atoms with van der Waals surface area (Å²) in [5.41, 5.74) is 1.44. The number of likely N-dealkylation sites (tertiary alicyclic amines) is 1. The molecular weight excluding hydrogens is 270 g/mol. The molecule has 2 saturated heterocycles. The summed E-state index contributed by atoms with van der Waals surface area (Å²) in [5.74, 6) is 0.491. The van der Waals surface area contributed by atoms with E-state index in [2.05, 4.69) is 35.4 Å². The van der Waals surface area contributed by atoms with E-state index in [-0.39, 0.29) is 5.41 Å². The van der Waals surface area contributed by atoms with Crippen LogP contribution in [-0.4, -0.2) is 49.2 Å². The lowest BCUT2D eigenvalue weighted by molar-refractivity contribution is -0.0417. The van der Waals surface area contributed by atoms with E-state index in [1.165, 1.54) is 10.5 Å². The Kier molecular flexibility index (Phi) is 4.36. The van der Waals surface area contributed by atoms with E-state index in [1.54, 1.807) is 11.8 Å². The van der Waals surface area contributed by atoms with Gasteiger partial charge in [-0.15, -0.1) is 11.8 Å². The van der Waals surface area contributed by atoms with Gasteiger partial charge in [-0.2, -0.15) is 0 Å². The van der Waals surface area contributed by atoms with Crippen molar-refractivity contribution in [3.8, 4) is 0 Å². The number of rotatable bonds is 4. The minimum absolute atomic E-state index is 0.0787. The summed E-state index contributed by atoms with van der Waals surface area (Å²) in [5, 5.41) is 9.83. The minimum Gasteiger partial charge on any atom is -0.396 e.